The number of hydrogen-bond donors (Lipinski definition) is 0. The smallest absolute Gasteiger partial charge is 0.264 e. The Morgan fingerprint density at radius 3 is 2.67 bits per heavy atom. The second-order valence-corrected chi connectivity index (χ2v) is 4.73. The molecular formula is C7H14O4S. The van der Waals surface area contributed by atoms with Crippen molar-refractivity contribution in [3.63, 3.8) is 0 Å². The molecule has 0 aromatic carbocycles. The molecule has 2 atom stereocenters. The monoisotopic (exact) mass is 194 g/mol. The zero-order valence-electron chi connectivity index (χ0n) is 7.32. The van der Waals surface area contributed by atoms with Crippen molar-refractivity contribution < 1.29 is 17.3 Å². The van der Waals surface area contributed by atoms with Crippen molar-refractivity contribution in [1.82, 2.24) is 0 Å². The van der Waals surface area contributed by atoms with Gasteiger partial charge in [-0.1, -0.05) is 0 Å². The van der Waals surface area contributed by atoms with Crippen LogP contribution in [0.3, 0.4) is 0 Å². The molecule has 4 nitrogen and oxygen atoms in total. The molecule has 0 radical (unpaired) electrons. The highest BCUT2D eigenvalue weighted by Gasteiger charge is 2.22. The van der Waals surface area contributed by atoms with E-state index >= 15 is 0 Å². The van der Waals surface area contributed by atoms with Crippen molar-refractivity contribution in [1.29, 1.82) is 0 Å². The van der Waals surface area contributed by atoms with Gasteiger partial charge in [0.25, 0.3) is 10.1 Å². The lowest BCUT2D eigenvalue weighted by Crippen LogP contribution is -2.30. The van der Waals surface area contributed by atoms with Gasteiger partial charge in [0.2, 0.25) is 0 Å². The minimum Gasteiger partial charge on any atom is -0.378 e. The molecule has 0 spiro atoms. The zero-order valence-corrected chi connectivity index (χ0v) is 8.13. The first-order valence-electron chi connectivity index (χ1n) is 3.97. The molecule has 1 aliphatic heterocycles. The van der Waals surface area contributed by atoms with Crippen molar-refractivity contribution >= 4 is 10.1 Å². The highest BCUT2D eigenvalue weighted by molar-refractivity contribution is 7.86. The summed E-state index contributed by atoms with van der Waals surface area (Å²) >= 11 is 0. The Kier molecular flexibility index (Phi) is 3.09. The molecule has 0 N–H and O–H groups in total. The van der Waals surface area contributed by atoms with Crippen molar-refractivity contribution in [3.8, 4) is 0 Å². The minimum absolute atomic E-state index is 0.102. The Morgan fingerprint density at radius 2 is 2.17 bits per heavy atom. The van der Waals surface area contributed by atoms with E-state index in [0.29, 0.717) is 19.4 Å². The molecule has 1 rings (SSSR count). The second-order valence-electron chi connectivity index (χ2n) is 3.13. The third kappa shape index (κ3) is 3.51. The molecule has 1 heterocycles. The summed E-state index contributed by atoms with van der Waals surface area (Å²) in [5.41, 5.74) is 0. The summed E-state index contributed by atoms with van der Waals surface area (Å²) in [5.74, 6) is 0. The van der Waals surface area contributed by atoms with Crippen LogP contribution in [-0.4, -0.2) is 33.5 Å². The maximum atomic E-state index is 10.7. The van der Waals surface area contributed by atoms with Gasteiger partial charge in [-0.15, -0.1) is 0 Å². The number of hydrogen-bond acceptors (Lipinski definition) is 4. The maximum Gasteiger partial charge on any atom is 0.264 e. The Labute approximate surface area is 73.0 Å². The van der Waals surface area contributed by atoms with Crippen LogP contribution in [0.25, 0.3) is 0 Å². The molecule has 1 fully saturated rings. The summed E-state index contributed by atoms with van der Waals surface area (Å²) in [7, 11) is -3.30. The summed E-state index contributed by atoms with van der Waals surface area (Å²) in [6.07, 6.45) is 2.31. The summed E-state index contributed by atoms with van der Waals surface area (Å²) in [5, 5.41) is 0. The van der Waals surface area contributed by atoms with E-state index in [9.17, 15) is 8.42 Å². The van der Waals surface area contributed by atoms with Crippen molar-refractivity contribution in [2.24, 2.45) is 0 Å². The van der Waals surface area contributed by atoms with E-state index in [4.69, 9.17) is 8.92 Å². The highest BCUT2D eigenvalue weighted by Crippen LogP contribution is 2.17. The lowest BCUT2D eigenvalue weighted by Gasteiger charge is -2.25. The SMILES string of the molecule is C[C@H]1C[C@@H](OS(C)(=O)=O)CCO1. The van der Waals surface area contributed by atoms with E-state index in [1.54, 1.807) is 0 Å². The standard InChI is InChI=1S/C7H14O4S/c1-6-5-7(3-4-10-6)11-12(2,8)9/h6-7H,3-5H2,1-2H3/t6-,7-/m0/s1. The van der Waals surface area contributed by atoms with Crippen LogP contribution in [0, 0.1) is 0 Å². The molecular weight excluding hydrogens is 180 g/mol. The van der Waals surface area contributed by atoms with Crippen LogP contribution in [-0.2, 0) is 19.0 Å². The molecule has 72 valence electrons. The van der Waals surface area contributed by atoms with Gasteiger partial charge in [0.1, 0.15) is 0 Å². The zero-order chi connectivity index (χ0) is 9.19. The van der Waals surface area contributed by atoms with Crippen molar-refractivity contribution in [2.45, 2.75) is 32.0 Å². The van der Waals surface area contributed by atoms with E-state index in [-0.39, 0.29) is 12.2 Å². The van der Waals surface area contributed by atoms with Gasteiger partial charge in [0.15, 0.2) is 0 Å². The molecule has 0 bridgehead atoms. The summed E-state index contributed by atoms with van der Waals surface area (Å²) < 4.78 is 31.6. The van der Waals surface area contributed by atoms with Crippen molar-refractivity contribution in [3.05, 3.63) is 0 Å². The molecule has 1 saturated heterocycles. The van der Waals surface area contributed by atoms with Crippen LogP contribution in [0.1, 0.15) is 19.8 Å². The van der Waals surface area contributed by atoms with Gasteiger partial charge in [-0.3, -0.25) is 4.18 Å². The molecule has 0 aromatic rings. The van der Waals surface area contributed by atoms with Crippen LogP contribution >= 0.6 is 0 Å². The summed E-state index contributed by atoms with van der Waals surface area (Å²) in [4.78, 5) is 0. The third-order valence-electron chi connectivity index (χ3n) is 1.75. The molecule has 5 heteroatoms. The fraction of sp³-hybridized carbons (Fsp3) is 1.00. The third-order valence-corrected chi connectivity index (χ3v) is 2.37. The molecule has 0 saturated carbocycles. The first-order valence-corrected chi connectivity index (χ1v) is 5.79. The first kappa shape index (κ1) is 9.95. The van der Waals surface area contributed by atoms with Gasteiger partial charge in [-0.2, -0.15) is 8.42 Å². The predicted octanol–water partition coefficient (Wildman–Crippen LogP) is 0.530. The summed E-state index contributed by atoms with van der Waals surface area (Å²) in [6, 6.07) is 0. The molecule has 0 amide bonds. The fourth-order valence-corrected chi connectivity index (χ4v) is 1.96. The molecule has 0 aromatic heterocycles. The van der Waals surface area contributed by atoms with Crippen LogP contribution in [0.2, 0.25) is 0 Å². The quantitative estimate of drug-likeness (QED) is 0.602. The van der Waals surface area contributed by atoms with Crippen LogP contribution in [0.5, 0.6) is 0 Å². The molecule has 0 aliphatic carbocycles. The topological polar surface area (TPSA) is 52.6 Å². The van der Waals surface area contributed by atoms with E-state index in [0.717, 1.165) is 6.26 Å². The van der Waals surface area contributed by atoms with Gasteiger partial charge in [-0.05, 0) is 13.3 Å². The fourth-order valence-electron chi connectivity index (χ4n) is 1.29. The minimum atomic E-state index is -3.30. The van der Waals surface area contributed by atoms with E-state index in [1.807, 2.05) is 6.92 Å². The average Bonchev–Trinajstić information content (AvgIpc) is 1.82. The second kappa shape index (κ2) is 3.72. The first-order chi connectivity index (χ1) is 5.47. The summed E-state index contributed by atoms with van der Waals surface area (Å²) in [6.45, 7) is 2.50. The Balaban J connectivity index is 2.43. The van der Waals surface area contributed by atoms with E-state index < -0.39 is 10.1 Å². The maximum absolute atomic E-state index is 10.7. The normalized spacial score (nSPS) is 31.8. The largest absolute Gasteiger partial charge is 0.378 e. The van der Waals surface area contributed by atoms with Crippen LogP contribution in [0.15, 0.2) is 0 Å². The molecule has 12 heavy (non-hydrogen) atoms. The molecule has 0 unspecified atom stereocenters. The molecule has 1 aliphatic rings. The van der Waals surface area contributed by atoms with Crippen molar-refractivity contribution in [2.75, 3.05) is 12.9 Å². The van der Waals surface area contributed by atoms with Gasteiger partial charge >= 0.3 is 0 Å². The Bertz CT molecular complexity index is 234. The van der Waals surface area contributed by atoms with E-state index in [2.05, 4.69) is 0 Å². The number of ether oxygens (including phenoxy) is 1. The van der Waals surface area contributed by atoms with E-state index in [1.165, 1.54) is 0 Å². The lowest BCUT2D eigenvalue weighted by atomic mass is 10.1. The Morgan fingerprint density at radius 1 is 1.50 bits per heavy atom. The Hall–Kier alpha value is -0.130. The van der Waals surface area contributed by atoms with Gasteiger partial charge in [0.05, 0.1) is 18.5 Å². The van der Waals surface area contributed by atoms with Gasteiger partial charge in [0, 0.05) is 13.0 Å². The average molecular weight is 194 g/mol. The number of rotatable bonds is 2. The highest BCUT2D eigenvalue weighted by atomic mass is 32.2. The van der Waals surface area contributed by atoms with Crippen LogP contribution < -0.4 is 0 Å². The van der Waals surface area contributed by atoms with Crippen LogP contribution in [0.4, 0.5) is 0 Å². The predicted molar refractivity (Wildman–Crippen MR) is 44.4 cm³/mol. The lowest BCUT2D eigenvalue weighted by molar-refractivity contribution is -0.0229. The van der Waals surface area contributed by atoms with Gasteiger partial charge < -0.3 is 4.74 Å². The van der Waals surface area contributed by atoms with Gasteiger partial charge in [-0.25, -0.2) is 0 Å².